The predicted molar refractivity (Wildman–Crippen MR) is 73.6 cm³/mol. The Kier molecular flexibility index (Phi) is 4.45. The lowest BCUT2D eigenvalue weighted by Crippen LogP contribution is -1.98. The van der Waals surface area contributed by atoms with Gasteiger partial charge in [-0.1, -0.05) is 12.1 Å². The molecule has 2 aromatic rings. The molecule has 5 heteroatoms. The highest BCUT2D eigenvalue weighted by molar-refractivity contribution is 6.22. The normalized spacial score (nSPS) is 12.1. The molecule has 2 rings (SSSR count). The van der Waals surface area contributed by atoms with Crippen molar-refractivity contribution < 1.29 is 18.3 Å². The van der Waals surface area contributed by atoms with Crippen LogP contribution in [-0.2, 0) is 0 Å². The fourth-order valence-electron chi connectivity index (χ4n) is 1.87. The van der Waals surface area contributed by atoms with E-state index in [1.54, 1.807) is 18.2 Å². The van der Waals surface area contributed by atoms with E-state index < -0.39 is 17.0 Å². The van der Waals surface area contributed by atoms with E-state index in [1.807, 2.05) is 0 Å². The van der Waals surface area contributed by atoms with Crippen LogP contribution >= 0.6 is 11.6 Å². The molecule has 2 nitrogen and oxygen atoms in total. The van der Waals surface area contributed by atoms with Crippen LogP contribution in [-0.4, -0.2) is 14.2 Å². The van der Waals surface area contributed by atoms with Crippen LogP contribution in [0.2, 0.25) is 0 Å². The molecule has 0 aliphatic rings. The molecule has 1 unspecified atom stereocenters. The Balaban J connectivity index is 2.37. The molecule has 0 aromatic heterocycles. The second-order valence-corrected chi connectivity index (χ2v) is 4.59. The number of halogens is 3. The molecule has 1 atom stereocenters. The second-order valence-electron chi connectivity index (χ2n) is 4.15. The van der Waals surface area contributed by atoms with Gasteiger partial charge in [0.1, 0.15) is 0 Å². The summed E-state index contributed by atoms with van der Waals surface area (Å²) in [5.74, 6) is -0.720. The zero-order valence-electron chi connectivity index (χ0n) is 11.0. The highest BCUT2D eigenvalue weighted by Crippen LogP contribution is 2.35. The van der Waals surface area contributed by atoms with E-state index >= 15 is 0 Å². The highest BCUT2D eigenvalue weighted by atomic mass is 35.5. The second kappa shape index (κ2) is 6.09. The minimum absolute atomic E-state index is 0.470. The molecule has 0 amide bonds. The van der Waals surface area contributed by atoms with Crippen molar-refractivity contribution >= 4 is 11.6 Å². The molecule has 0 aliphatic heterocycles. The quantitative estimate of drug-likeness (QED) is 0.783. The molecule has 0 aliphatic carbocycles. The van der Waals surface area contributed by atoms with Gasteiger partial charge >= 0.3 is 0 Å². The minimum atomic E-state index is -0.923. The molecule has 0 N–H and O–H groups in total. The lowest BCUT2D eigenvalue weighted by molar-refractivity contribution is 0.354. The topological polar surface area (TPSA) is 18.5 Å². The summed E-state index contributed by atoms with van der Waals surface area (Å²) in [6.45, 7) is 0. The molecule has 0 saturated heterocycles. The fraction of sp³-hybridized carbons (Fsp3) is 0.200. The Morgan fingerprint density at radius 1 is 0.850 bits per heavy atom. The average Bonchev–Trinajstić information content (AvgIpc) is 2.48. The maximum absolute atomic E-state index is 13.2. The van der Waals surface area contributed by atoms with E-state index in [9.17, 15) is 8.78 Å². The fourth-order valence-corrected chi connectivity index (χ4v) is 2.14. The molecule has 0 radical (unpaired) electrons. The Morgan fingerprint density at radius 2 is 1.45 bits per heavy atom. The Bertz CT molecular complexity index is 617. The van der Waals surface area contributed by atoms with Gasteiger partial charge in [0.25, 0.3) is 0 Å². The van der Waals surface area contributed by atoms with Crippen LogP contribution in [0.4, 0.5) is 8.78 Å². The van der Waals surface area contributed by atoms with Gasteiger partial charge < -0.3 is 9.47 Å². The first-order chi connectivity index (χ1) is 9.56. The number of rotatable bonds is 4. The number of methoxy groups -OCH3 is 2. The molecule has 0 heterocycles. The number of hydrogen-bond acceptors (Lipinski definition) is 2. The largest absolute Gasteiger partial charge is 0.493 e. The third-order valence-corrected chi connectivity index (χ3v) is 3.44. The van der Waals surface area contributed by atoms with Gasteiger partial charge in [0.15, 0.2) is 23.1 Å². The third kappa shape index (κ3) is 2.85. The first kappa shape index (κ1) is 14.6. The number of ether oxygens (including phenoxy) is 2. The lowest BCUT2D eigenvalue weighted by Gasteiger charge is -2.14. The molecule has 2 aromatic carbocycles. The van der Waals surface area contributed by atoms with Crippen LogP contribution in [0.5, 0.6) is 11.5 Å². The van der Waals surface area contributed by atoms with E-state index in [4.69, 9.17) is 21.1 Å². The summed E-state index contributed by atoms with van der Waals surface area (Å²) >= 11 is 6.29. The van der Waals surface area contributed by atoms with Crippen LogP contribution in [0.1, 0.15) is 16.5 Å². The molecule has 106 valence electrons. The van der Waals surface area contributed by atoms with Crippen LogP contribution < -0.4 is 9.47 Å². The van der Waals surface area contributed by atoms with Crippen LogP contribution in [0, 0.1) is 11.6 Å². The summed E-state index contributed by atoms with van der Waals surface area (Å²) in [6, 6.07) is 8.76. The maximum Gasteiger partial charge on any atom is 0.161 e. The molecule has 0 spiro atoms. The van der Waals surface area contributed by atoms with Gasteiger partial charge in [-0.3, -0.25) is 0 Å². The van der Waals surface area contributed by atoms with E-state index in [2.05, 4.69) is 0 Å². The number of hydrogen-bond donors (Lipinski definition) is 0. The Morgan fingerprint density at radius 3 is 2.05 bits per heavy atom. The first-order valence-electron chi connectivity index (χ1n) is 5.87. The summed E-state index contributed by atoms with van der Waals surface area (Å²) in [6.07, 6.45) is 0. The van der Waals surface area contributed by atoms with Crippen molar-refractivity contribution in [1.29, 1.82) is 0 Å². The summed E-state index contributed by atoms with van der Waals surface area (Å²) in [4.78, 5) is 0. The molecular formula is C15H13ClF2O2. The van der Waals surface area contributed by atoms with Crippen molar-refractivity contribution in [2.24, 2.45) is 0 Å². The molecular weight excluding hydrogens is 286 g/mol. The van der Waals surface area contributed by atoms with Crippen molar-refractivity contribution in [2.75, 3.05) is 14.2 Å². The average molecular weight is 299 g/mol. The van der Waals surface area contributed by atoms with Gasteiger partial charge in [-0.2, -0.15) is 0 Å². The van der Waals surface area contributed by atoms with Crippen LogP contribution in [0.15, 0.2) is 36.4 Å². The first-order valence-corrected chi connectivity index (χ1v) is 6.31. The van der Waals surface area contributed by atoms with Crippen LogP contribution in [0.3, 0.4) is 0 Å². The predicted octanol–water partition coefficient (Wildman–Crippen LogP) is 4.31. The smallest absolute Gasteiger partial charge is 0.161 e. The van der Waals surface area contributed by atoms with E-state index in [0.29, 0.717) is 22.6 Å². The summed E-state index contributed by atoms with van der Waals surface area (Å²) < 4.78 is 36.5. The standard InChI is InChI=1S/C15H13ClF2O2/c1-19-13-6-4-10(8-14(13)20-2)15(16)9-3-5-11(17)12(18)7-9/h3-8,15H,1-2H3. The van der Waals surface area contributed by atoms with Gasteiger partial charge in [-0.15, -0.1) is 11.6 Å². The Labute approximate surface area is 120 Å². The summed E-state index contributed by atoms with van der Waals surface area (Å²) in [7, 11) is 3.05. The van der Waals surface area contributed by atoms with E-state index in [0.717, 1.165) is 12.1 Å². The van der Waals surface area contributed by atoms with E-state index in [1.165, 1.54) is 20.3 Å². The highest BCUT2D eigenvalue weighted by Gasteiger charge is 2.15. The van der Waals surface area contributed by atoms with Crippen molar-refractivity contribution in [1.82, 2.24) is 0 Å². The van der Waals surface area contributed by atoms with Gasteiger partial charge in [-0.05, 0) is 35.4 Å². The van der Waals surface area contributed by atoms with Crippen molar-refractivity contribution in [3.05, 3.63) is 59.2 Å². The van der Waals surface area contributed by atoms with Gasteiger partial charge in [-0.25, -0.2) is 8.78 Å². The molecule has 0 fully saturated rings. The Hall–Kier alpha value is -1.81. The van der Waals surface area contributed by atoms with Crippen molar-refractivity contribution in [3.63, 3.8) is 0 Å². The zero-order valence-corrected chi connectivity index (χ0v) is 11.7. The zero-order chi connectivity index (χ0) is 14.7. The van der Waals surface area contributed by atoms with Gasteiger partial charge in [0.2, 0.25) is 0 Å². The van der Waals surface area contributed by atoms with Crippen LogP contribution in [0.25, 0.3) is 0 Å². The number of benzene rings is 2. The van der Waals surface area contributed by atoms with E-state index in [-0.39, 0.29) is 0 Å². The SMILES string of the molecule is COc1ccc(C(Cl)c2ccc(F)c(F)c2)cc1OC. The molecule has 20 heavy (non-hydrogen) atoms. The minimum Gasteiger partial charge on any atom is -0.493 e. The van der Waals surface area contributed by atoms with Crippen molar-refractivity contribution in [2.45, 2.75) is 5.38 Å². The molecule has 0 saturated carbocycles. The summed E-state index contributed by atoms with van der Waals surface area (Å²) in [5, 5.41) is -0.607. The van der Waals surface area contributed by atoms with Gasteiger partial charge in [0, 0.05) is 0 Å². The number of alkyl halides is 1. The van der Waals surface area contributed by atoms with Gasteiger partial charge in [0.05, 0.1) is 19.6 Å². The maximum atomic E-state index is 13.2. The monoisotopic (exact) mass is 298 g/mol. The lowest BCUT2D eigenvalue weighted by atomic mass is 10.0. The molecule has 0 bridgehead atoms. The third-order valence-electron chi connectivity index (χ3n) is 2.94. The summed E-state index contributed by atoms with van der Waals surface area (Å²) in [5.41, 5.74) is 1.17. The van der Waals surface area contributed by atoms with Crippen molar-refractivity contribution in [3.8, 4) is 11.5 Å².